The largest absolute Gasteiger partial charge is 0.362 e. The molecule has 0 unspecified atom stereocenters. The van der Waals surface area contributed by atoms with Crippen LogP contribution in [-0.2, 0) is 4.84 Å². The van der Waals surface area contributed by atoms with E-state index in [1.54, 1.807) is 54.6 Å². The standard InChI is InChI=1S/C21H16BrN3O3/c1-14-6-8-15(9-7-14)21(27)28-25-17-12-10-16(11-13-17)23-24-20(26)18-4-2-3-5-19(18)22/h2-13,25H,1H3. The molecule has 0 aliphatic rings. The van der Waals surface area contributed by atoms with E-state index in [4.69, 9.17) is 4.84 Å². The first-order valence-electron chi connectivity index (χ1n) is 8.37. The molecule has 0 saturated carbocycles. The number of hydrogen-bond donors (Lipinski definition) is 1. The Morgan fingerprint density at radius 3 is 2.29 bits per heavy atom. The molecule has 1 N–H and O–H groups in total. The predicted octanol–water partition coefficient (Wildman–Crippen LogP) is 5.87. The van der Waals surface area contributed by atoms with E-state index in [0.717, 1.165) is 5.56 Å². The molecule has 0 aliphatic carbocycles. The number of nitrogens with zero attached hydrogens (tertiary/aromatic N) is 2. The summed E-state index contributed by atoms with van der Waals surface area (Å²) >= 11 is 3.31. The Morgan fingerprint density at radius 2 is 1.61 bits per heavy atom. The highest BCUT2D eigenvalue weighted by molar-refractivity contribution is 9.10. The van der Waals surface area contributed by atoms with E-state index < -0.39 is 11.9 Å². The van der Waals surface area contributed by atoms with E-state index in [1.165, 1.54) is 0 Å². The lowest BCUT2D eigenvalue weighted by molar-refractivity contribution is 0.0596. The van der Waals surface area contributed by atoms with E-state index >= 15 is 0 Å². The highest BCUT2D eigenvalue weighted by Crippen LogP contribution is 2.20. The molecule has 6 nitrogen and oxygen atoms in total. The normalized spacial score (nSPS) is 10.6. The summed E-state index contributed by atoms with van der Waals surface area (Å²) in [5.74, 6) is -0.926. The zero-order valence-corrected chi connectivity index (χ0v) is 16.5. The maximum Gasteiger partial charge on any atom is 0.362 e. The smallest absolute Gasteiger partial charge is 0.338 e. The van der Waals surface area contributed by atoms with Crippen LogP contribution in [0.25, 0.3) is 0 Å². The topological polar surface area (TPSA) is 80.1 Å². The molecule has 0 fully saturated rings. The van der Waals surface area contributed by atoms with E-state index in [0.29, 0.717) is 27.0 Å². The summed E-state index contributed by atoms with van der Waals surface area (Å²) in [4.78, 5) is 29.1. The fraction of sp³-hybridized carbons (Fsp3) is 0.0476. The predicted molar refractivity (Wildman–Crippen MR) is 110 cm³/mol. The number of rotatable bonds is 5. The first kappa shape index (κ1) is 19.4. The van der Waals surface area contributed by atoms with Gasteiger partial charge in [0.25, 0.3) is 5.91 Å². The summed E-state index contributed by atoms with van der Waals surface area (Å²) in [6.45, 7) is 1.94. The summed E-state index contributed by atoms with van der Waals surface area (Å²) in [7, 11) is 0. The minimum atomic E-state index is -0.484. The fourth-order valence-corrected chi connectivity index (χ4v) is 2.70. The number of carbonyl (C=O) groups excluding carboxylic acids is 2. The monoisotopic (exact) mass is 437 g/mol. The molecule has 3 aromatic rings. The van der Waals surface area contributed by atoms with Crippen LogP contribution in [0.3, 0.4) is 0 Å². The number of halogens is 1. The zero-order valence-electron chi connectivity index (χ0n) is 14.9. The summed E-state index contributed by atoms with van der Waals surface area (Å²) < 4.78 is 0.661. The molecule has 28 heavy (non-hydrogen) atoms. The van der Waals surface area contributed by atoms with Crippen molar-refractivity contribution in [2.24, 2.45) is 10.2 Å². The van der Waals surface area contributed by atoms with Crippen molar-refractivity contribution in [1.82, 2.24) is 0 Å². The van der Waals surface area contributed by atoms with Gasteiger partial charge in [-0.3, -0.25) is 4.79 Å². The molecule has 0 radical (unpaired) electrons. The Kier molecular flexibility index (Phi) is 6.29. The molecule has 0 aromatic heterocycles. The average molecular weight is 438 g/mol. The van der Waals surface area contributed by atoms with Crippen molar-refractivity contribution in [3.05, 3.63) is 94.0 Å². The van der Waals surface area contributed by atoms with Crippen LogP contribution in [0.4, 0.5) is 11.4 Å². The van der Waals surface area contributed by atoms with Gasteiger partial charge in [-0.2, -0.15) is 0 Å². The van der Waals surface area contributed by atoms with Crippen LogP contribution in [0, 0.1) is 6.92 Å². The third-order valence-corrected chi connectivity index (χ3v) is 4.47. The van der Waals surface area contributed by atoms with Gasteiger partial charge in [0.15, 0.2) is 0 Å². The van der Waals surface area contributed by atoms with E-state index in [2.05, 4.69) is 31.6 Å². The van der Waals surface area contributed by atoms with Crippen LogP contribution in [-0.4, -0.2) is 11.9 Å². The summed E-state index contributed by atoms with van der Waals surface area (Å²) in [5.41, 5.74) is 5.60. The Bertz CT molecular complexity index is 1020. The quantitative estimate of drug-likeness (QED) is 0.399. The molecule has 0 spiro atoms. The molecule has 0 bridgehead atoms. The number of carbonyl (C=O) groups is 2. The summed E-state index contributed by atoms with van der Waals surface area (Å²) in [6, 6.07) is 20.7. The van der Waals surface area contributed by atoms with E-state index in [1.807, 2.05) is 25.1 Å². The number of nitrogens with one attached hydrogen (secondary N) is 1. The minimum absolute atomic E-state index is 0.438. The van der Waals surface area contributed by atoms with Crippen LogP contribution in [0.2, 0.25) is 0 Å². The molecule has 7 heteroatoms. The number of aryl methyl sites for hydroxylation is 1. The van der Waals surface area contributed by atoms with Gasteiger partial charge in [0.2, 0.25) is 0 Å². The number of hydrogen-bond acceptors (Lipinski definition) is 5. The SMILES string of the molecule is Cc1ccc(C(=O)ONc2ccc(N=NC(=O)c3ccccc3Br)cc2)cc1. The fourth-order valence-electron chi connectivity index (χ4n) is 2.24. The maximum absolute atomic E-state index is 12.1. The van der Waals surface area contributed by atoms with Gasteiger partial charge in [-0.25, -0.2) is 10.3 Å². The first-order chi connectivity index (χ1) is 13.5. The molecule has 0 atom stereocenters. The third kappa shape index (κ3) is 5.11. The molecule has 140 valence electrons. The number of benzene rings is 3. The number of azo groups is 1. The van der Waals surface area contributed by atoms with Crippen molar-refractivity contribution in [1.29, 1.82) is 0 Å². The van der Waals surface area contributed by atoms with Crippen LogP contribution in [0.1, 0.15) is 26.3 Å². The lowest BCUT2D eigenvalue weighted by Crippen LogP contribution is -2.10. The highest BCUT2D eigenvalue weighted by Gasteiger charge is 2.08. The van der Waals surface area contributed by atoms with Gasteiger partial charge in [-0.1, -0.05) is 29.8 Å². The molecule has 0 heterocycles. The molecule has 0 saturated heterocycles. The average Bonchev–Trinajstić information content (AvgIpc) is 2.72. The second-order valence-corrected chi connectivity index (χ2v) is 6.74. The van der Waals surface area contributed by atoms with Gasteiger partial charge in [0.05, 0.1) is 22.5 Å². The van der Waals surface area contributed by atoms with Gasteiger partial charge < -0.3 is 4.84 Å². The van der Waals surface area contributed by atoms with Crippen LogP contribution in [0.5, 0.6) is 0 Å². The van der Waals surface area contributed by atoms with Crippen molar-refractivity contribution in [3.8, 4) is 0 Å². The molecule has 1 amide bonds. The van der Waals surface area contributed by atoms with Crippen LogP contribution in [0.15, 0.2) is 87.5 Å². The van der Waals surface area contributed by atoms with Crippen molar-refractivity contribution >= 4 is 39.2 Å². The van der Waals surface area contributed by atoms with Gasteiger partial charge in [0.1, 0.15) is 0 Å². The Balaban J connectivity index is 1.57. The maximum atomic E-state index is 12.1. The zero-order chi connectivity index (χ0) is 19.9. The molecule has 3 rings (SSSR count). The second kappa shape index (κ2) is 9.05. The van der Waals surface area contributed by atoms with Gasteiger partial charge in [0, 0.05) is 4.47 Å². The van der Waals surface area contributed by atoms with Crippen molar-refractivity contribution in [3.63, 3.8) is 0 Å². The summed E-state index contributed by atoms with van der Waals surface area (Å²) in [6.07, 6.45) is 0. The van der Waals surface area contributed by atoms with E-state index in [-0.39, 0.29) is 0 Å². The number of amides is 1. The van der Waals surface area contributed by atoms with Gasteiger partial charge in [-0.15, -0.1) is 10.2 Å². The molecular formula is C21H16BrN3O3. The molecular weight excluding hydrogens is 422 g/mol. The highest BCUT2D eigenvalue weighted by atomic mass is 79.9. The van der Waals surface area contributed by atoms with Crippen molar-refractivity contribution in [2.75, 3.05) is 5.48 Å². The molecule has 3 aromatic carbocycles. The molecule has 0 aliphatic heterocycles. The van der Waals surface area contributed by atoms with Crippen LogP contribution < -0.4 is 5.48 Å². The number of anilines is 1. The Labute approximate surface area is 170 Å². The minimum Gasteiger partial charge on any atom is -0.338 e. The Morgan fingerprint density at radius 1 is 0.929 bits per heavy atom. The van der Waals surface area contributed by atoms with Gasteiger partial charge >= 0.3 is 5.97 Å². The van der Waals surface area contributed by atoms with Crippen molar-refractivity contribution in [2.45, 2.75) is 6.92 Å². The second-order valence-electron chi connectivity index (χ2n) is 5.89. The summed E-state index contributed by atoms with van der Waals surface area (Å²) in [5, 5.41) is 7.66. The first-order valence-corrected chi connectivity index (χ1v) is 9.17. The van der Waals surface area contributed by atoms with Crippen LogP contribution >= 0.6 is 15.9 Å². The lowest BCUT2D eigenvalue weighted by atomic mass is 10.2. The lowest BCUT2D eigenvalue weighted by Gasteiger charge is -2.07. The van der Waals surface area contributed by atoms with Gasteiger partial charge in [-0.05, 0) is 71.4 Å². The van der Waals surface area contributed by atoms with Crippen molar-refractivity contribution < 1.29 is 14.4 Å². The van der Waals surface area contributed by atoms with E-state index in [9.17, 15) is 9.59 Å². The Hall–Kier alpha value is -3.32. The third-order valence-electron chi connectivity index (χ3n) is 3.78.